The van der Waals surface area contributed by atoms with Crippen LogP contribution < -0.4 is 0 Å². The normalized spacial score (nSPS) is 29.9. The zero-order valence-electron chi connectivity index (χ0n) is 15.0. The van der Waals surface area contributed by atoms with Gasteiger partial charge in [-0.2, -0.15) is 0 Å². The minimum absolute atomic E-state index is 0.239. The van der Waals surface area contributed by atoms with Gasteiger partial charge in [0, 0.05) is 19.5 Å². The second-order valence-electron chi connectivity index (χ2n) is 7.66. The largest absolute Gasteiger partial charge is 0.321 e. The molecular weight excluding hydrogens is 340 g/mol. The Kier molecular flexibility index (Phi) is 4.16. The quantitative estimate of drug-likeness (QED) is 0.599. The first-order valence-corrected chi connectivity index (χ1v) is 11.3. The van der Waals surface area contributed by atoms with E-state index >= 15 is 0 Å². The molecule has 3 aliphatic rings. The van der Waals surface area contributed by atoms with Crippen LogP contribution in [0.2, 0.25) is 0 Å². The first kappa shape index (κ1) is 16.2. The van der Waals surface area contributed by atoms with Crippen molar-refractivity contribution >= 4 is 16.9 Å². The number of amides is 2. The summed E-state index contributed by atoms with van der Waals surface area (Å²) in [7, 11) is 0.515. The van der Waals surface area contributed by atoms with Gasteiger partial charge in [-0.1, -0.05) is 60.7 Å². The minimum atomic E-state index is 0.239. The fraction of sp³-hybridized carbons (Fsp3) is 0.409. The van der Waals surface area contributed by atoms with Gasteiger partial charge in [0.25, 0.3) is 0 Å². The van der Waals surface area contributed by atoms with Gasteiger partial charge >= 0.3 is 6.03 Å². The number of rotatable bonds is 4. The van der Waals surface area contributed by atoms with Gasteiger partial charge in [-0.15, -0.1) is 0 Å². The van der Waals surface area contributed by atoms with E-state index < -0.39 is 0 Å². The fourth-order valence-electron chi connectivity index (χ4n) is 4.96. The summed E-state index contributed by atoms with van der Waals surface area (Å²) < 4.78 is 0. The summed E-state index contributed by atoms with van der Waals surface area (Å²) in [5.41, 5.74) is 2.48. The smallest absolute Gasteiger partial charge is 0.310 e. The van der Waals surface area contributed by atoms with Gasteiger partial charge in [-0.25, -0.2) is 4.79 Å². The molecule has 2 aromatic carbocycles. The van der Waals surface area contributed by atoms with Crippen LogP contribution in [-0.4, -0.2) is 44.7 Å². The van der Waals surface area contributed by atoms with Crippen LogP contribution in [0.25, 0.3) is 0 Å². The molecule has 0 saturated carbocycles. The van der Waals surface area contributed by atoms with E-state index in [0.29, 0.717) is 23.0 Å². The Morgan fingerprint density at radius 2 is 1.50 bits per heavy atom. The van der Waals surface area contributed by atoms with Crippen molar-refractivity contribution in [1.29, 1.82) is 0 Å². The molecular formula is C22H25N2OS+. The van der Waals surface area contributed by atoms with Crippen LogP contribution in [0.15, 0.2) is 60.7 Å². The predicted octanol–water partition coefficient (Wildman–Crippen LogP) is 3.66. The Hall–Kier alpha value is -1.94. The fourth-order valence-corrected chi connectivity index (χ4v) is 8.26. The third-order valence-electron chi connectivity index (χ3n) is 6.13. The Morgan fingerprint density at radius 3 is 2.15 bits per heavy atom. The molecule has 0 radical (unpaired) electrons. The second-order valence-corrected chi connectivity index (χ2v) is 10.1. The summed E-state index contributed by atoms with van der Waals surface area (Å²) in [6.45, 7) is 1.50. The van der Waals surface area contributed by atoms with Crippen LogP contribution in [0.4, 0.5) is 4.79 Å². The van der Waals surface area contributed by atoms with Crippen molar-refractivity contribution in [2.24, 2.45) is 0 Å². The van der Waals surface area contributed by atoms with Crippen LogP contribution in [-0.2, 0) is 24.0 Å². The highest BCUT2D eigenvalue weighted by molar-refractivity contribution is 7.98. The number of carbonyl (C=O) groups is 1. The Balaban J connectivity index is 1.45. The number of benzene rings is 2. The highest BCUT2D eigenvalue weighted by Crippen LogP contribution is 2.43. The van der Waals surface area contributed by atoms with E-state index in [0.717, 1.165) is 18.3 Å². The van der Waals surface area contributed by atoms with Crippen LogP contribution in [0, 0.1) is 0 Å². The third-order valence-corrected chi connectivity index (χ3v) is 9.08. The maximum Gasteiger partial charge on any atom is 0.321 e. The van der Waals surface area contributed by atoms with E-state index in [4.69, 9.17) is 0 Å². The number of urea groups is 1. The highest BCUT2D eigenvalue weighted by atomic mass is 32.2. The summed E-state index contributed by atoms with van der Waals surface area (Å²) in [5, 5.41) is 0.730. The van der Waals surface area contributed by atoms with Gasteiger partial charge in [0.1, 0.15) is 28.8 Å². The Bertz CT molecular complexity index is 781. The third kappa shape index (κ3) is 2.71. The average Bonchev–Trinajstić information content (AvgIpc) is 3.32. The molecule has 3 fully saturated rings. The maximum absolute atomic E-state index is 13.4. The molecule has 0 N–H and O–H groups in total. The highest BCUT2D eigenvalue weighted by Gasteiger charge is 2.62. The molecule has 0 spiro atoms. The van der Waals surface area contributed by atoms with Gasteiger partial charge in [-0.3, -0.25) is 0 Å². The van der Waals surface area contributed by atoms with E-state index in [9.17, 15) is 4.79 Å². The molecule has 3 nitrogen and oxygen atoms in total. The molecule has 5 rings (SSSR count). The molecule has 3 heterocycles. The lowest BCUT2D eigenvalue weighted by Crippen LogP contribution is -2.41. The van der Waals surface area contributed by atoms with Crippen molar-refractivity contribution in [2.45, 2.75) is 43.3 Å². The number of fused-ring (bicyclic) bond motifs is 3. The van der Waals surface area contributed by atoms with Gasteiger partial charge in [0.05, 0.1) is 0 Å². The van der Waals surface area contributed by atoms with E-state index in [2.05, 4.69) is 58.3 Å². The molecule has 134 valence electrons. The molecule has 4 atom stereocenters. The van der Waals surface area contributed by atoms with Gasteiger partial charge in [0.15, 0.2) is 0 Å². The molecule has 3 aliphatic heterocycles. The Labute approximate surface area is 158 Å². The topological polar surface area (TPSA) is 23.6 Å². The summed E-state index contributed by atoms with van der Waals surface area (Å²) in [6, 6.07) is 22.0. The zero-order valence-corrected chi connectivity index (χ0v) is 15.8. The van der Waals surface area contributed by atoms with Crippen molar-refractivity contribution in [3.8, 4) is 0 Å². The molecule has 2 aromatic rings. The molecule has 2 amide bonds. The summed E-state index contributed by atoms with van der Waals surface area (Å²) >= 11 is 0. The van der Waals surface area contributed by atoms with E-state index in [1.807, 2.05) is 12.1 Å². The number of hydrogen-bond donors (Lipinski definition) is 0. The lowest BCUT2D eigenvalue weighted by Gasteiger charge is -2.24. The van der Waals surface area contributed by atoms with Crippen LogP contribution in [0.1, 0.15) is 24.0 Å². The molecule has 26 heavy (non-hydrogen) atoms. The predicted molar refractivity (Wildman–Crippen MR) is 107 cm³/mol. The van der Waals surface area contributed by atoms with Gasteiger partial charge < -0.3 is 9.80 Å². The zero-order chi connectivity index (χ0) is 17.5. The van der Waals surface area contributed by atoms with Crippen molar-refractivity contribution < 1.29 is 4.79 Å². The number of hydrogen-bond acceptors (Lipinski definition) is 1. The maximum atomic E-state index is 13.4. The van der Waals surface area contributed by atoms with Crippen molar-refractivity contribution in [2.75, 3.05) is 11.5 Å². The van der Waals surface area contributed by atoms with Crippen LogP contribution in [0.5, 0.6) is 0 Å². The molecule has 1 unspecified atom stereocenters. The first-order valence-electron chi connectivity index (χ1n) is 9.62. The molecule has 0 bridgehead atoms. The van der Waals surface area contributed by atoms with E-state index in [1.54, 1.807) is 0 Å². The summed E-state index contributed by atoms with van der Waals surface area (Å²) in [4.78, 5) is 17.7. The first-order chi connectivity index (χ1) is 12.8. The number of nitrogens with zero attached hydrogens (tertiary/aromatic N) is 2. The van der Waals surface area contributed by atoms with Gasteiger partial charge in [-0.05, 0) is 28.4 Å². The molecule has 3 saturated heterocycles. The Morgan fingerprint density at radius 1 is 0.885 bits per heavy atom. The van der Waals surface area contributed by atoms with E-state index in [1.165, 1.54) is 35.5 Å². The lowest BCUT2D eigenvalue weighted by molar-refractivity contribution is 0.180. The summed E-state index contributed by atoms with van der Waals surface area (Å²) in [5.74, 6) is 2.60. The minimum Gasteiger partial charge on any atom is -0.310 e. The van der Waals surface area contributed by atoms with Crippen molar-refractivity contribution in [1.82, 2.24) is 9.80 Å². The summed E-state index contributed by atoms with van der Waals surface area (Å²) in [6.07, 6.45) is 2.66. The van der Waals surface area contributed by atoms with Crippen LogP contribution in [0.3, 0.4) is 0 Å². The van der Waals surface area contributed by atoms with E-state index in [-0.39, 0.29) is 6.03 Å². The number of carbonyl (C=O) groups excluding carboxylic acids is 1. The monoisotopic (exact) mass is 365 g/mol. The molecule has 4 heteroatoms. The average molecular weight is 366 g/mol. The second kappa shape index (κ2) is 6.66. The standard InChI is InChI=1S/C22H25N2OS/c25-22-23(14-17-8-3-1-4-9-17)19-16-26-13-7-12-20(26)21(19)24(22)15-18-10-5-2-6-11-18/h1-6,8-11,19-21H,7,12-16H2/q+1/t19-,20+,21+,26?/m1/s1. The van der Waals surface area contributed by atoms with Crippen molar-refractivity contribution in [3.05, 3.63) is 71.8 Å². The lowest BCUT2D eigenvalue weighted by atomic mass is 10.0. The van der Waals surface area contributed by atoms with Gasteiger partial charge in [0.2, 0.25) is 0 Å². The SMILES string of the molecule is O=C1N(Cc2ccccc2)[C@H]2[C@@H](C[S+]3CCC[C@@H]23)N1Cc1ccccc1. The molecule has 0 aromatic heterocycles. The van der Waals surface area contributed by atoms with Crippen molar-refractivity contribution in [3.63, 3.8) is 0 Å². The molecule has 0 aliphatic carbocycles. The van der Waals surface area contributed by atoms with Crippen LogP contribution >= 0.6 is 0 Å².